The molecule has 6 heteroatoms. The molecule has 1 aliphatic rings. The van der Waals surface area contributed by atoms with Crippen LogP contribution in [-0.4, -0.2) is 38.4 Å². The lowest BCUT2D eigenvalue weighted by Gasteiger charge is -2.18. The fourth-order valence-electron chi connectivity index (χ4n) is 2.93. The van der Waals surface area contributed by atoms with Crippen LogP contribution in [0.2, 0.25) is 0 Å². The van der Waals surface area contributed by atoms with E-state index in [0.29, 0.717) is 18.0 Å². The minimum Gasteiger partial charge on any atom is -0.391 e. The van der Waals surface area contributed by atoms with Crippen molar-refractivity contribution >= 4 is 5.91 Å². The Kier molecular flexibility index (Phi) is 4.48. The van der Waals surface area contributed by atoms with E-state index in [4.69, 9.17) is 0 Å². The Morgan fingerprint density at radius 3 is 2.50 bits per heavy atom. The Morgan fingerprint density at radius 2 is 1.86 bits per heavy atom. The lowest BCUT2D eigenvalue weighted by molar-refractivity contribution is 0.0840. The second-order valence-corrected chi connectivity index (χ2v) is 5.74. The number of nitrogens with zero attached hydrogens (tertiary/aromatic N) is 3. The number of nitrogens with one attached hydrogen (secondary N) is 1. The lowest BCUT2D eigenvalue weighted by Crippen LogP contribution is -2.35. The third-order valence-electron chi connectivity index (χ3n) is 4.26. The number of aromatic nitrogens is 3. The Bertz CT molecular complexity index is 604. The van der Waals surface area contributed by atoms with Crippen LogP contribution in [0, 0.1) is 5.92 Å². The molecule has 0 saturated heterocycles. The second kappa shape index (κ2) is 6.70. The first kappa shape index (κ1) is 14.7. The first-order valence-corrected chi connectivity index (χ1v) is 7.65. The van der Waals surface area contributed by atoms with Gasteiger partial charge >= 0.3 is 0 Å². The third-order valence-corrected chi connectivity index (χ3v) is 4.26. The Hall–Kier alpha value is -2.21. The molecule has 0 aliphatic heterocycles. The van der Waals surface area contributed by atoms with Crippen molar-refractivity contribution in [2.24, 2.45) is 5.92 Å². The number of carbonyl (C=O) groups is 1. The average molecular weight is 300 g/mol. The van der Waals surface area contributed by atoms with Crippen LogP contribution >= 0.6 is 0 Å². The van der Waals surface area contributed by atoms with Crippen LogP contribution in [0.15, 0.2) is 36.9 Å². The molecule has 1 heterocycles. The molecule has 1 fully saturated rings. The van der Waals surface area contributed by atoms with Gasteiger partial charge < -0.3 is 10.4 Å². The summed E-state index contributed by atoms with van der Waals surface area (Å²) in [7, 11) is 0. The smallest absolute Gasteiger partial charge is 0.251 e. The van der Waals surface area contributed by atoms with E-state index >= 15 is 0 Å². The Balaban J connectivity index is 1.55. The molecule has 0 bridgehead atoms. The highest BCUT2D eigenvalue weighted by Gasteiger charge is 2.23. The standard InChI is InChI=1S/C16H20N4O2/c21-15(12-3-1-2-4-12)9-17-16(22)13-5-7-14(8-6-13)20-10-18-19-11-20/h5-8,10-12,15,21H,1-4,9H2,(H,17,22). The fourth-order valence-corrected chi connectivity index (χ4v) is 2.93. The van der Waals surface area contributed by atoms with Crippen molar-refractivity contribution in [2.75, 3.05) is 6.54 Å². The number of benzene rings is 1. The SMILES string of the molecule is O=C(NCC(O)C1CCCC1)c1ccc(-n2cnnc2)cc1. The molecule has 1 saturated carbocycles. The summed E-state index contributed by atoms with van der Waals surface area (Å²) in [6, 6.07) is 7.19. The number of amides is 1. The summed E-state index contributed by atoms with van der Waals surface area (Å²) in [4.78, 5) is 12.1. The van der Waals surface area contributed by atoms with E-state index in [0.717, 1.165) is 18.5 Å². The number of aliphatic hydroxyl groups excluding tert-OH is 1. The minimum absolute atomic E-state index is 0.160. The number of rotatable bonds is 5. The molecular formula is C16H20N4O2. The van der Waals surface area contributed by atoms with Gasteiger partial charge in [0.15, 0.2) is 0 Å². The molecule has 2 aromatic rings. The molecule has 2 N–H and O–H groups in total. The van der Waals surface area contributed by atoms with E-state index in [2.05, 4.69) is 15.5 Å². The monoisotopic (exact) mass is 300 g/mol. The van der Waals surface area contributed by atoms with Gasteiger partial charge in [-0.05, 0) is 43.0 Å². The van der Waals surface area contributed by atoms with Gasteiger partial charge in [-0.2, -0.15) is 0 Å². The van der Waals surface area contributed by atoms with Gasteiger partial charge in [-0.25, -0.2) is 0 Å². The molecule has 1 aliphatic carbocycles. The van der Waals surface area contributed by atoms with Crippen LogP contribution in [0.4, 0.5) is 0 Å². The number of carbonyl (C=O) groups excluding carboxylic acids is 1. The predicted octanol–water partition coefficient (Wildman–Crippen LogP) is 1.55. The van der Waals surface area contributed by atoms with Crippen LogP contribution in [-0.2, 0) is 0 Å². The zero-order valence-electron chi connectivity index (χ0n) is 12.4. The predicted molar refractivity (Wildman–Crippen MR) is 81.7 cm³/mol. The van der Waals surface area contributed by atoms with Crippen LogP contribution in [0.1, 0.15) is 36.0 Å². The maximum absolute atomic E-state index is 12.1. The second-order valence-electron chi connectivity index (χ2n) is 5.74. The van der Waals surface area contributed by atoms with E-state index in [1.165, 1.54) is 12.8 Å². The van der Waals surface area contributed by atoms with Crippen LogP contribution in [0.3, 0.4) is 0 Å². The highest BCUT2D eigenvalue weighted by molar-refractivity contribution is 5.94. The zero-order chi connectivity index (χ0) is 15.4. The summed E-state index contributed by atoms with van der Waals surface area (Å²) >= 11 is 0. The van der Waals surface area contributed by atoms with E-state index in [1.807, 2.05) is 12.1 Å². The minimum atomic E-state index is -0.442. The van der Waals surface area contributed by atoms with Crippen molar-refractivity contribution in [1.82, 2.24) is 20.1 Å². The van der Waals surface area contributed by atoms with Gasteiger partial charge in [-0.1, -0.05) is 12.8 Å². The maximum Gasteiger partial charge on any atom is 0.251 e. The third kappa shape index (κ3) is 3.33. The quantitative estimate of drug-likeness (QED) is 0.878. The van der Waals surface area contributed by atoms with Crippen molar-refractivity contribution in [1.29, 1.82) is 0 Å². The molecule has 0 radical (unpaired) electrons. The van der Waals surface area contributed by atoms with Crippen molar-refractivity contribution in [3.63, 3.8) is 0 Å². The molecule has 22 heavy (non-hydrogen) atoms. The zero-order valence-corrected chi connectivity index (χ0v) is 12.4. The Morgan fingerprint density at radius 1 is 1.23 bits per heavy atom. The van der Waals surface area contributed by atoms with Crippen LogP contribution in [0.5, 0.6) is 0 Å². The van der Waals surface area contributed by atoms with Gasteiger partial charge in [-0.15, -0.1) is 10.2 Å². The molecule has 1 atom stereocenters. The molecule has 1 amide bonds. The van der Waals surface area contributed by atoms with Gasteiger partial charge in [0.2, 0.25) is 0 Å². The van der Waals surface area contributed by atoms with E-state index in [9.17, 15) is 9.90 Å². The van der Waals surface area contributed by atoms with E-state index in [-0.39, 0.29) is 5.91 Å². The number of hydrogen-bond acceptors (Lipinski definition) is 4. The largest absolute Gasteiger partial charge is 0.391 e. The van der Waals surface area contributed by atoms with Gasteiger partial charge in [0.25, 0.3) is 5.91 Å². The molecule has 3 rings (SSSR count). The summed E-state index contributed by atoms with van der Waals surface area (Å²) in [6.07, 6.45) is 7.25. The molecule has 1 aromatic heterocycles. The van der Waals surface area contributed by atoms with E-state index < -0.39 is 6.10 Å². The summed E-state index contributed by atoms with van der Waals surface area (Å²) in [6.45, 7) is 0.316. The summed E-state index contributed by atoms with van der Waals surface area (Å²) < 4.78 is 1.77. The molecule has 1 unspecified atom stereocenters. The normalized spacial score (nSPS) is 16.6. The van der Waals surface area contributed by atoms with Crippen LogP contribution < -0.4 is 5.32 Å². The first-order valence-electron chi connectivity index (χ1n) is 7.65. The van der Waals surface area contributed by atoms with Crippen molar-refractivity contribution in [3.05, 3.63) is 42.5 Å². The topological polar surface area (TPSA) is 80.0 Å². The van der Waals surface area contributed by atoms with Gasteiger partial charge in [0, 0.05) is 17.8 Å². The van der Waals surface area contributed by atoms with Crippen molar-refractivity contribution < 1.29 is 9.90 Å². The van der Waals surface area contributed by atoms with Gasteiger partial charge in [0.05, 0.1) is 6.10 Å². The van der Waals surface area contributed by atoms with E-state index in [1.54, 1.807) is 29.4 Å². The molecule has 1 aromatic carbocycles. The highest BCUT2D eigenvalue weighted by Crippen LogP contribution is 2.27. The summed E-state index contributed by atoms with van der Waals surface area (Å²) in [5.74, 6) is 0.170. The number of aliphatic hydroxyl groups is 1. The molecule has 116 valence electrons. The van der Waals surface area contributed by atoms with Crippen molar-refractivity contribution in [2.45, 2.75) is 31.8 Å². The maximum atomic E-state index is 12.1. The van der Waals surface area contributed by atoms with Gasteiger partial charge in [0.1, 0.15) is 12.7 Å². The van der Waals surface area contributed by atoms with Crippen LogP contribution in [0.25, 0.3) is 5.69 Å². The van der Waals surface area contributed by atoms with Gasteiger partial charge in [-0.3, -0.25) is 9.36 Å². The summed E-state index contributed by atoms with van der Waals surface area (Å²) in [5.41, 5.74) is 1.47. The highest BCUT2D eigenvalue weighted by atomic mass is 16.3. The molecule has 0 spiro atoms. The summed E-state index contributed by atoms with van der Waals surface area (Å²) in [5, 5.41) is 20.4. The lowest BCUT2D eigenvalue weighted by atomic mass is 10.0. The fraction of sp³-hybridized carbons (Fsp3) is 0.438. The average Bonchev–Trinajstić information content (AvgIpc) is 3.25. The Labute approximate surface area is 129 Å². The van der Waals surface area contributed by atoms with Crippen molar-refractivity contribution in [3.8, 4) is 5.69 Å². The molecule has 6 nitrogen and oxygen atoms in total. The number of hydrogen-bond donors (Lipinski definition) is 2. The first-order chi connectivity index (χ1) is 10.7. The molecular weight excluding hydrogens is 280 g/mol.